The molecule has 0 spiro atoms. The topological polar surface area (TPSA) is 198 Å². The number of imide groups is 3. The first kappa shape index (κ1) is 49.0. The number of aromatic hydroxyl groups is 2. The predicted molar refractivity (Wildman–Crippen MR) is 268 cm³/mol. The van der Waals surface area contributed by atoms with Crippen LogP contribution < -0.4 is 29.9 Å². The Kier molecular flexibility index (Phi) is 15.0. The van der Waals surface area contributed by atoms with E-state index in [1.54, 1.807) is 92.0 Å². The molecule has 70 heavy (non-hydrogen) atoms. The van der Waals surface area contributed by atoms with Crippen molar-refractivity contribution in [1.29, 1.82) is 0 Å². The van der Waals surface area contributed by atoms with E-state index in [0.717, 1.165) is 27.3 Å². The molecular formula is C54H52N6O10. The first-order valence-electron chi connectivity index (χ1n) is 22.3. The van der Waals surface area contributed by atoms with Crippen LogP contribution in [0.15, 0.2) is 133 Å². The van der Waals surface area contributed by atoms with Gasteiger partial charge in [0.05, 0.1) is 29.1 Å². The van der Waals surface area contributed by atoms with Crippen molar-refractivity contribution >= 4 is 74.5 Å². The normalized spacial score (nSPS) is 12.0. The summed E-state index contributed by atoms with van der Waals surface area (Å²) < 4.78 is 11.2. The number of phenolic OH excluding ortho intramolecular Hbond substituents is 2. The van der Waals surface area contributed by atoms with Crippen LogP contribution in [0.1, 0.15) is 43.8 Å². The van der Waals surface area contributed by atoms with E-state index in [4.69, 9.17) is 9.47 Å². The third kappa shape index (κ3) is 10.6. The molecule has 4 N–H and O–H groups in total. The van der Waals surface area contributed by atoms with E-state index in [1.165, 1.54) is 30.0 Å². The maximum atomic E-state index is 13.0. The number of likely N-dealkylation sites (N-methyl/N-ethyl adjacent to an activating group) is 1. The number of nitrogens with zero attached hydrogens (tertiary/aromatic N) is 4. The summed E-state index contributed by atoms with van der Waals surface area (Å²) in [5.41, 5.74) is 4.95. The van der Waals surface area contributed by atoms with Crippen LogP contribution in [0.25, 0.3) is 21.5 Å². The van der Waals surface area contributed by atoms with E-state index < -0.39 is 35.9 Å². The third-order valence-electron chi connectivity index (χ3n) is 11.7. The molecule has 0 atom stereocenters. The lowest BCUT2D eigenvalue weighted by Gasteiger charge is -2.23. The van der Waals surface area contributed by atoms with Gasteiger partial charge in [0.2, 0.25) is 0 Å². The summed E-state index contributed by atoms with van der Waals surface area (Å²) in [6.07, 6.45) is 0.0117. The Morgan fingerprint density at radius 3 is 1.86 bits per heavy atom. The average Bonchev–Trinajstić information content (AvgIpc) is 3.61. The van der Waals surface area contributed by atoms with Crippen LogP contribution in [0.2, 0.25) is 0 Å². The lowest BCUT2D eigenvalue weighted by Crippen LogP contribution is -2.45. The van der Waals surface area contributed by atoms with Gasteiger partial charge in [-0.2, -0.15) is 4.90 Å². The minimum atomic E-state index is -0.804. The average molecular weight is 945 g/mol. The zero-order chi connectivity index (χ0) is 50.2. The zero-order valence-corrected chi connectivity index (χ0v) is 39.5. The van der Waals surface area contributed by atoms with Crippen LogP contribution in [-0.2, 0) is 4.79 Å². The minimum absolute atomic E-state index is 0.0884. The fourth-order valence-corrected chi connectivity index (χ4v) is 7.83. The smallest absolute Gasteiger partial charge is 0.419 e. The Balaban J connectivity index is 0.000000209. The zero-order valence-electron chi connectivity index (χ0n) is 39.5. The van der Waals surface area contributed by atoms with Gasteiger partial charge < -0.3 is 35.2 Å². The lowest BCUT2D eigenvalue weighted by atomic mass is 10.0. The number of fused-ring (bicyclic) bond motifs is 2. The first-order valence-corrected chi connectivity index (χ1v) is 22.3. The van der Waals surface area contributed by atoms with E-state index in [2.05, 4.69) is 10.6 Å². The first-order chi connectivity index (χ1) is 33.5. The van der Waals surface area contributed by atoms with E-state index in [-0.39, 0.29) is 29.2 Å². The number of rotatable bonds is 11. The standard InChI is InChI=1S/C28H30N4O6.C26H22N2O4/c1-17-9-12-23(18(2)15-17)38-14-6-13-29-26(35)21-11-10-19-20(25(21)34)7-5-8-22(19)31(4)28(37)32-24(33)16-30(3)27(32)36;1-17-9-6-7-13-22(17)27-25(30)21-16-15-19-20(24(21)29)12-8-14-23(19)28(2)26(31)32-18-10-4-3-5-11-18/h5,7-12,15,34H,6,13-14,16H2,1-4H3,(H,29,35);3-16,29H,1-2H3,(H,27,30). The molecule has 7 aromatic carbocycles. The molecule has 0 unspecified atom stereocenters. The van der Waals surface area contributed by atoms with Gasteiger partial charge in [0.1, 0.15) is 29.5 Å². The summed E-state index contributed by atoms with van der Waals surface area (Å²) in [6, 6.07) is 37.0. The van der Waals surface area contributed by atoms with Gasteiger partial charge in [0.25, 0.3) is 17.7 Å². The van der Waals surface area contributed by atoms with Crippen molar-refractivity contribution in [2.24, 2.45) is 0 Å². The molecular weight excluding hydrogens is 893 g/mol. The number of amides is 8. The van der Waals surface area contributed by atoms with Crippen molar-refractivity contribution in [2.75, 3.05) is 56.0 Å². The Morgan fingerprint density at radius 2 is 1.26 bits per heavy atom. The number of carbonyl (C=O) groups is 6. The largest absolute Gasteiger partial charge is 0.506 e. The molecule has 1 saturated heterocycles. The second-order valence-electron chi connectivity index (χ2n) is 16.6. The molecule has 7 aromatic rings. The van der Waals surface area contributed by atoms with Crippen molar-refractivity contribution < 1.29 is 48.5 Å². The van der Waals surface area contributed by atoms with Crippen molar-refractivity contribution in [1.82, 2.24) is 15.1 Å². The van der Waals surface area contributed by atoms with Crippen LogP contribution >= 0.6 is 0 Å². The van der Waals surface area contributed by atoms with Crippen molar-refractivity contribution in [3.8, 4) is 23.0 Å². The highest BCUT2D eigenvalue weighted by molar-refractivity contribution is 6.20. The van der Waals surface area contributed by atoms with Gasteiger partial charge in [-0.05, 0) is 86.8 Å². The number of benzene rings is 7. The molecule has 1 aliphatic rings. The molecule has 358 valence electrons. The summed E-state index contributed by atoms with van der Waals surface area (Å²) in [7, 11) is 4.47. The van der Waals surface area contributed by atoms with E-state index in [0.29, 0.717) is 68.8 Å². The van der Waals surface area contributed by atoms with Crippen LogP contribution in [0.3, 0.4) is 0 Å². The maximum absolute atomic E-state index is 13.0. The summed E-state index contributed by atoms with van der Waals surface area (Å²) in [6.45, 7) is 6.50. The van der Waals surface area contributed by atoms with E-state index >= 15 is 0 Å². The van der Waals surface area contributed by atoms with Gasteiger partial charge in [-0.15, -0.1) is 0 Å². The summed E-state index contributed by atoms with van der Waals surface area (Å²) in [5, 5.41) is 29.3. The maximum Gasteiger partial charge on any atom is 0.419 e. The summed E-state index contributed by atoms with van der Waals surface area (Å²) in [4.78, 5) is 79.9. The molecule has 0 radical (unpaired) electrons. The number of phenols is 2. The third-order valence-corrected chi connectivity index (χ3v) is 11.7. The Morgan fingerprint density at radius 1 is 0.657 bits per heavy atom. The molecule has 0 aliphatic carbocycles. The van der Waals surface area contributed by atoms with Gasteiger partial charge in [0, 0.05) is 54.9 Å². The monoisotopic (exact) mass is 944 g/mol. The van der Waals surface area contributed by atoms with E-state index in [9.17, 15) is 39.0 Å². The molecule has 16 heteroatoms. The highest BCUT2D eigenvalue weighted by Gasteiger charge is 2.40. The Labute approximate surface area is 404 Å². The second-order valence-corrected chi connectivity index (χ2v) is 16.6. The van der Waals surface area contributed by atoms with Crippen molar-refractivity contribution in [3.63, 3.8) is 0 Å². The van der Waals surface area contributed by atoms with Crippen LogP contribution in [-0.4, -0.2) is 96.7 Å². The Hall–Kier alpha value is -8.92. The number of para-hydroxylation sites is 2. The number of carbonyl (C=O) groups excluding carboxylic acids is 6. The minimum Gasteiger partial charge on any atom is -0.506 e. The summed E-state index contributed by atoms with van der Waals surface area (Å²) >= 11 is 0. The number of hydrogen-bond donors (Lipinski definition) is 4. The van der Waals surface area contributed by atoms with Crippen LogP contribution in [0.5, 0.6) is 23.0 Å². The van der Waals surface area contributed by atoms with Crippen molar-refractivity contribution in [2.45, 2.75) is 27.2 Å². The van der Waals surface area contributed by atoms with E-state index in [1.807, 2.05) is 63.2 Å². The quantitative estimate of drug-likeness (QED) is 0.0716. The number of urea groups is 2. The van der Waals surface area contributed by atoms with Gasteiger partial charge in [-0.1, -0.05) is 90.5 Å². The highest BCUT2D eigenvalue weighted by Crippen LogP contribution is 2.37. The molecule has 0 saturated carbocycles. The molecule has 0 aromatic heterocycles. The number of anilines is 3. The number of hydrogen-bond acceptors (Lipinski definition) is 10. The van der Waals surface area contributed by atoms with Gasteiger partial charge in [-0.25, -0.2) is 14.4 Å². The summed E-state index contributed by atoms with van der Waals surface area (Å²) in [5.74, 6) is -0.622. The van der Waals surface area contributed by atoms with Crippen molar-refractivity contribution in [3.05, 3.63) is 161 Å². The molecule has 16 nitrogen and oxygen atoms in total. The second kappa shape index (κ2) is 21.4. The molecule has 8 amide bonds. The molecule has 1 heterocycles. The Bertz CT molecular complexity index is 3160. The number of aryl methyl sites for hydroxylation is 3. The molecule has 0 bridgehead atoms. The molecule has 1 aliphatic heterocycles. The number of ether oxygens (including phenoxy) is 2. The molecule has 8 rings (SSSR count). The number of nitrogens with one attached hydrogen (secondary N) is 2. The van der Waals surface area contributed by atoms with Gasteiger partial charge in [-0.3, -0.25) is 24.2 Å². The van der Waals surface area contributed by atoms with Crippen LogP contribution in [0, 0.1) is 20.8 Å². The van der Waals surface area contributed by atoms with Gasteiger partial charge >= 0.3 is 18.2 Å². The highest BCUT2D eigenvalue weighted by atomic mass is 16.6. The fourth-order valence-electron chi connectivity index (χ4n) is 7.83. The SMILES string of the molecule is Cc1ccc(OCCCNC(=O)c2ccc3c(N(C)C(=O)N4C(=O)CN(C)C4=O)cccc3c2O)c(C)c1.Cc1ccccc1NC(=O)c1ccc2c(N(C)C(=O)Oc3ccccc3)cccc2c1O. The molecule has 1 fully saturated rings. The predicted octanol–water partition coefficient (Wildman–Crippen LogP) is 9.55. The van der Waals surface area contributed by atoms with Gasteiger partial charge in [0.15, 0.2) is 0 Å². The fraction of sp³-hybridized carbons (Fsp3) is 0.185. The van der Waals surface area contributed by atoms with Crippen LogP contribution in [0.4, 0.5) is 31.4 Å². The lowest BCUT2D eigenvalue weighted by molar-refractivity contribution is -0.123.